The summed E-state index contributed by atoms with van der Waals surface area (Å²) in [5.74, 6) is 0.577. The van der Waals surface area contributed by atoms with Crippen LogP contribution in [0.4, 0.5) is 0 Å². The third-order valence-corrected chi connectivity index (χ3v) is 7.63. The van der Waals surface area contributed by atoms with Gasteiger partial charge in [-0.25, -0.2) is 9.78 Å². The van der Waals surface area contributed by atoms with Crippen molar-refractivity contribution in [1.29, 1.82) is 0 Å². The topological polar surface area (TPSA) is 120 Å². The predicted octanol–water partition coefficient (Wildman–Crippen LogP) is 2.90. The standard InChI is InChI=1S/C27H28N2O7/c1-2-27(33)19-10-21-24-17(12-29(21)25(31)18(19)13-34-26(27)32)15(7-5-3-4-6-8-30)16-9-22-23(36-14-35-22)11-20(16)28-24/h9-11,30,33H,2-8,12-14H2,1H3/t27-/m0/s1. The van der Waals surface area contributed by atoms with E-state index in [0.717, 1.165) is 54.1 Å². The van der Waals surface area contributed by atoms with Gasteiger partial charge in [0.2, 0.25) is 6.79 Å². The Bertz CT molecular complexity index is 1460. The Labute approximate surface area is 207 Å². The fraction of sp³-hybridized carbons (Fsp3) is 0.444. The molecular formula is C27H28N2O7. The van der Waals surface area contributed by atoms with Gasteiger partial charge in [0.25, 0.3) is 5.56 Å². The molecule has 3 aliphatic rings. The Kier molecular flexibility index (Phi) is 5.49. The summed E-state index contributed by atoms with van der Waals surface area (Å²) in [4.78, 5) is 31.0. The fourth-order valence-electron chi connectivity index (χ4n) is 5.60. The van der Waals surface area contributed by atoms with Crippen molar-refractivity contribution in [1.82, 2.24) is 9.55 Å². The largest absolute Gasteiger partial charge is 0.458 e. The predicted molar refractivity (Wildman–Crippen MR) is 130 cm³/mol. The monoisotopic (exact) mass is 492 g/mol. The maximum atomic E-state index is 13.6. The number of nitrogens with zero attached hydrogens (tertiary/aromatic N) is 2. The first-order valence-corrected chi connectivity index (χ1v) is 12.5. The molecule has 1 aromatic carbocycles. The third kappa shape index (κ3) is 3.33. The molecular weight excluding hydrogens is 464 g/mol. The number of ether oxygens (including phenoxy) is 3. The van der Waals surface area contributed by atoms with Crippen LogP contribution in [-0.4, -0.2) is 39.1 Å². The lowest BCUT2D eigenvalue weighted by Gasteiger charge is -2.31. The quantitative estimate of drug-likeness (QED) is 0.299. The van der Waals surface area contributed by atoms with E-state index < -0.39 is 11.6 Å². The molecule has 1 atom stereocenters. The number of rotatable bonds is 7. The highest BCUT2D eigenvalue weighted by molar-refractivity contribution is 5.91. The molecule has 0 aliphatic carbocycles. The number of aliphatic hydroxyl groups excluding tert-OH is 1. The number of fused-ring (bicyclic) bond motifs is 6. The molecule has 0 unspecified atom stereocenters. The normalized spacial score (nSPS) is 19.2. The first kappa shape index (κ1) is 23.0. The molecule has 9 nitrogen and oxygen atoms in total. The van der Waals surface area contributed by atoms with E-state index in [9.17, 15) is 14.7 Å². The Morgan fingerprint density at radius 1 is 1.03 bits per heavy atom. The zero-order chi connectivity index (χ0) is 25.0. The summed E-state index contributed by atoms with van der Waals surface area (Å²) in [6.07, 6.45) is 4.52. The van der Waals surface area contributed by atoms with Crippen molar-refractivity contribution in [2.75, 3.05) is 13.4 Å². The van der Waals surface area contributed by atoms with Gasteiger partial charge in [0.05, 0.1) is 29.0 Å². The number of cyclic esters (lactones) is 1. The molecule has 0 radical (unpaired) electrons. The maximum absolute atomic E-state index is 13.6. The molecule has 0 fully saturated rings. The van der Waals surface area contributed by atoms with Crippen molar-refractivity contribution < 1.29 is 29.2 Å². The van der Waals surface area contributed by atoms with Crippen LogP contribution in [0.15, 0.2) is 23.0 Å². The number of carbonyl (C=O) groups excluding carboxylic acids is 1. The number of hydrogen-bond donors (Lipinski definition) is 2. The van der Waals surface area contributed by atoms with Crippen molar-refractivity contribution in [2.45, 2.75) is 64.2 Å². The molecule has 9 heteroatoms. The molecule has 36 heavy (non-hydrogen) atoms. The fourth-order valence-corrected chi connectivity index (χ4v) is 5.60. The molecule has 188 valence electrons. The van der Waals surface area contributed by atoms with Crippen LogP contribution in [-0.2, 0) is 34.7 Å². The third-order valence-electron chi connectivity index (χ3n) is 7.63. The van der Waals surface area contributed by atoms with Crippen molar-refractivity contribution >= 4 is 16.9 Å². The molecule has 0 saturated heterocycles. The maximum Gasteiger partial charge on any atom is 0.343 e. The number of unbranched alkanes of at least 4 members (excludes halogenated alkanes) is 3. The molecule has 0 saturated carbocycles. The van der Waals surface area contributed by atoms with Crippen molar-refractivity contribution in [3.8, 4) is 22.9 Å². The lowest BCUT2D eigenvalue weighted by atomic mass is 9.86. The molecule has 2 N–H and O–H groups in total. The van der Waals surface area contributed by atoms with Crippen molar-refractivity contribution in [3.05, 3.63) is 50.8 Å². The lowest BCUT2D eigenvalue weighted by Crippen LogP contribution is -2.44. The molecule has 3 aromatic rings. The second-order valence-corrected chi connectivity index (χ2v) is 9.63. The van der Waals surface area contributed by atoms with Gasteiger partial charge >= 0.3 is 5.97 Å². The van der Waals surface area contributed by atoms with E-state index >= 15 is 0 Å². The van der Waals surface area contributed by atoms with Gasteiger partial charge < -0.3 is 29.0 Å². The molecule has 0 bridgehead atoms. The Morgan fingerprint density at radius 2 is 1.81 bits per heavy atom. The van der Waals surface area contributed by atoms with Gasteiger partial charge in [-0.15, -0.1) is 0 Å². The highest BCUT2D eigenvalue weighted by Crippen LogP contribution is 2.43. The Morgan fingerprint density at radius 3 is 2.58 bits per heavy atom. The van der Waals surface area contributed by atoms with E-state index in [1.165, 1.54) is 0 Å². The van der Waals surface area contributed by atoms with Gasteiger partial charge in [0.1, 0.15) is 6.61 Å². The van der Waals surface area contributed by atoms with Gasteiger partial charge in [0, 0.05) is 29.2 Å². The molecule has 0 spiro atoms. The zero-order valence-corrected chi connectivity index (χ0v) is 20.1. The van der Waals surface area contributed by atoms with Crippen molar-refractivity contribution in [2.24, 2.45) is 0 Å². The first-order valence-electron chi connectivity index (χ1n) is 12.5. The average molecular weight is 493 g/mol. The van der Waals surface area contributed by atoms with Crippen LogP contribution in [0.5, 0.6) is 11.5 Å². The summed E-state index contributed by atoms with van der Waals surface area (Å²) >= 11 is 0. The summed E-state index contributed by atoms with van der Waals surface area (Å²) in [5, 5.41) is 21.2. The summed E-state index contributed by atoms with van der Waals surface area (Å²) in [5.41, 5.74) is 2.59. The summed E-state index contributed by atoms with van der Waals surface area (Å²) in [6.45, 7) is 2.26. The second kappa shape index (κ2) is 8.60. The highest BCUT2D eigenvalue weighted by atomic mass is 16.7. The Hall–Kier alpha value is -3.43. The molecule has 6 rings (SSSR count). The smallest absolute Gasteiger partial charge is 0.343 e. The van der Waals surface area contributed by atoms with Crippen LogP contribution >= 0.6 is 0 Å². The molecule has 3 aliphatic heterocycles. The summed E-state index contributed by atoms with van der Waals surface area (Å²) in [7, 11) is 0. The molecule has 0 amide bonds. The number of hydrogen-bond acceptors (Lipinski definition) is 8. The van der Waals surface area contributed by atoms with E-state index in [1.54, 1.807) is 17.6 Å². The number of aryl methyl sites for hydroxylation is 1. The van der Waals surface area contributed by atoms with Gasteiger partial charge in [-0.3, -0.25) is 4.79 Å². The van der Waals surface area contributed by atoms with Crippen molar-refractivity contribution in [3.63, 3.8) is 0 Å². The number of pyridine rings is 2. The summed E-state index contributed by atoms with van der Waals surface area (Å²) < 4.78 is 18.1. The van der Waals surface area contributed by atoms with Crippen LogP contribution in [0.3, 0.4) is 0 Å². The van der Waals surface area contributed by atoms with E-state index in [0.29, 0.717) is 40.6 Å². The highest BCUT2D eigenvalue weighted by Gasteiger charge is 2.45. The summed E-state index contributed by atoms with van der Waals surface area (Å²) in [6, 6.07) is 5.57. The minimum Gasteiger partial charge on any atom is -0.458 e. The second-order valence-electron chi connectivity index (χ2n) is 9.63. The van der Waals surface area contributed by atoms with Gasteiger partial charge in [-0.2, -0.15) is 0 Å². The average Bonchev–Trinajstić information content (AvgIpc) is 3.49. The SMILES string of the molecule is CC[C@@]1(O)C(=O)OCc2c1cc1n(c2=O)Cc2c-1nc1cc3c(cc1c2CCCCCCO)OCO3. The van der Waals surface area contributed by atoms with Crippen LogP contribution < -0.4 is 15.0 Å². The van der Waals surface area contributed by atoms with Gasteiger partial charge in [-0.1, -0.05) is 19.8 Å². The Balaban J connectivity index is 1.53. The van der Waals surface area contributed by atoms with Crippen LogP contribution in [0.1, 0.15) is 61.3 Å². The minimum atomic E-state index is -1.86. The van der Waals surface area contributed by atoms with E-state index in [4.69, 9.17) is 24.3 Å². The molecule has 5 heterocycles. The number of benzene rings is 1. The number of carbonyl (C=O) groups is 1. The first-order chi connectivity index (χ1) is 17.5. The minimum absolute atomic E-state index is 0.0995. The number of aliphatic hydroxyl groups is 2. The van der Waals surface area contributed by atoms with Crippen LogP contribution in [0.25, 0.3) is 22.3 Å². The number of aromatic nitrogens is 2. The van der Waals surface area contributed by atoms with Crippen LogP contribution in [0.2, 0.25) is 0 Å². The van der Waals surface area contributed by atoms with E-state index in [2.05, 4.69) is 0 Å². The number of esters is 1. The molecule has 2 aromatic heterocycles. The lowest BCUT2D eigenvalue weighted by molar-refractivity contribution is -0.172. The van der Waals surface area contributed by atoms with Gasteiger partial charge in [0.15, 0.2) is 17.1 Å². The zero-order valence-electron chi connectivity index (χ0n) is 20.1. The van der Waals surface area contributed by atoms with Crippen LogP contribution in [0, 0.1) is 0 Å². The van der Waals surface area contributed by atoms with E-state index in [-0.39, 0.29) is 32.0 Å². The van der Waals surface area contributed by atoms with Gasteiger partial charge in [-0.05, 0) is 43.4 Å². The van der Waals surface area contributed by atoms with E-state index in [1.807, 2.05) is 12.1 Å².